The maximum atomic E-state index is 12.1. The van der Waals surface area contributed by atoms with Gasteiger partial charge in [-0.25, -0.2) is 20.0 Å². The molecule has 0 saturated carbocycles. The zero-order valence-electron chi connectivity index (χ0n) is 17.2. The van der Waals surface area contributed by atoms with Crippen molar-refractivity contribution in [2.75, 3.05) is 19.6 Å². The van der Waals surface area contributed by atoms with Gasteiger partial charge >= 0.3 is 0 Å². The Morgan fingerprint density at radius 3 is 2.84 bits per heavy atom. The number of para-hydroxylation sites is 1. The molecule has 8 nitrogen and oxygen atoms in total. The van der Waals surface area contributed by atoms with Gasteiger partial charge in [0.2, 0.25) is 0 Å². The third-order valence-corrected chi connectivity index (χ3v) is 5.09. The van der Waals surface area contributed by atoms with Gasteiger partial charge in [0.15, 0.2) is 5.82 Å². The van der Waals surface area contributed by atoms with Gasteiger partial charge in [0.05, 0.1) is 23.7 Å². The quantitative estimate of drug-likeness (QED) is 0.548. The number of hydrogen-bond donors (Lipinski definition) is 0. The first-order chi connectivity index (χ1) is 15.7. The summed E-state index contributed by atoms with van der Waals surface area (Å²) in [6, 6.07) is 13.4. The Bertz CT molecular complexity index is 1380. The molecule has 0 fully saturated rings. The van der Waals surface area contributed by atoms with Crippen LogP contribution in [0.15, 0.2) is 83.5 Å². The van der Waals surface area contributed by atoms with E-state index in [1.165, 1.54) is 18.8 Å². The van der Waals surface area contributed by atoms with Crippen LogP contribution in [0.25, 0.3) is 17.1 Å². The minimum absolute atomic E-state index is 0.216. The van der Waals surface area contributed by atoms with Crippen LogP contribution in [0.3, 0.4) is 0 Å². The van der Waals surface area contributed by atoms with Crippen LogP contribution in [0, 0.1) is 0 Å². The van der Waals surface area contributed by atoms with E-state index in [1.807, 2.05) is 66.0 Å². The summed E-state index contributed by atoms with van der Waals surface area (Å²) in [6.07, 6.45) is 11.9. The van der Waals surface area contributed by atoms with Crippen LogP contribution in [0.5, 0.6) is 5.75 Å². The normalized spacial score (nSPS) is 20.2. The first-order valence-electron chi connectivity index (χ1n) is 10.2. The Morgan fingerprint density at radius 2 is 1.94 bits per heavy atom. The zero-order valence-corrected chi connectivity index (χ0v) is 17.2. The predicted molar refractivity (Wildman–Crippen MR) is 122 cm³/mol. The smallest absolute Gasteiger partial charge is 0.265 e. The molecule has 1 aromatic heterocycles. The number of allylic oxidation sites excluding steroid dienone is 1. The number of benzene rings is 2. The van der Waals surface area contributed by atoms with Gasteiger partial charge in [-0.1, -0.05) is 18.2 Å². The van der Waals surface area contributed by atoms with Gasteiger partial charge in [0, 0.05) is 48.5 Å². The number of carbonyl (C=O) groups is 1. The number of carbonyl (C=O) groups excluding carboxylic acids is 1. The van der Waals surface area contributed by atoms with Crippen molar-refractivity contribution in [3.05, 3.63) is 84.1 Å². The van der Waals surface area contributed by atoms with Crippen LogP contribution in [0.1, 0.15) is 0 Å². The molecule has 2 aromatic carbocycles. The Hall–Kier alpha value is -4.33. The minimum atomic E-state index is -0.216. The zero-order chi connectivity index (χ0) is 21.8. The highest BCUT2D eigenvalue weighted by Crippen LogP contribution is 2.25. The highest BCUT2D eigenvalue weighted by atomic mass is 16.5. The lowest BCUT2D eigenvalue weighted by atomic mass is 10.2. The lowest BCUT2D eigenvalue weighted by Gasteiger charge is -2.28. The highest BCUT2D eigenvalue weighted by molar-refractivity contribution is 5.90. The maximum Gasteiger partial charge on any atom is 0.265 e. The Labute approximate surface area is 184 Å². The number of hydrogen-bond acceptors (Lipinski definition) is 7. The van der Waals surface area contributed by atoms with Crippen molar-refractivity contribution in [2.24, 2.45) is 9.98 Å². The third-order valence-electron chi connectivity index (χ3n) is 5.09. The molecule has 0 atom stereocenters. The summed E-state index contributed by atoms with van der Waals surface area (Å²) in [7, 11) is 0. The van der Waals surface area contributed by atoms with Crippen molar-refractivity contribution in [1.82, 2.24) is 19.8 Å². The molecule has 4 bridgehead atoms. The molecule has 0 unspecified atom stereocenters. The van der Waals surface area contributed by atoms with Gasteiger partial charge in [-0.05, 0) is 30.3 Å². The summed E-state index contributed by atoms with van der Waals surface area (Å²) in [5.74, 6) is 0.957. The number of nitrogens with zero attached hydrogens (tertiary/aromatic N) is 6. The van der Waals surface area contributed by atoms with E-state index in [0.717, 1.165) is 28.0 Å². The number of aliphatic imine (C=N–C) groups is 1. The van der Waals surface area contributed by atoms with Gasteiger partial charge in [0.1, 0.15) is 12.1 Å². The van der Waals surface area contributed by atoms with Crippen molar-refractivity contribution in [2.45, 2.75) is 0 Å². The van der Waals surface area contributed by atoms with Gasteiger partial charge < -0.3 is 14.5 Å². The van der Waals surface area contributed by atoms with Gasteiger partial charge in [-0.3, -0.25) is 4.79 Å². The molecule has 6 rings (SSSR count). The molecule has 32 heavy (non-hydrogen) atoms. The topological polar surface area (TPSA) is 83.3 Å². The SMILES string of the molecule is O=C1CN2C=CN(/C=c3\cccc\c3=N\c3ncnc4ccc(cc34)O/C=C/C=N/1)CC2. The predicted octanol–water partition coefficient (Wildman–Crippen LogP) is 1.91. The Balaban J connectivity index is 1.67. The molecule has 3 aliphatic rings. The summed E-state index contributed by atoms with van der Waals surface area (Å²) in [4.78, 5) is 33.7. The summed E-state index contributed by atoms with van der Waals surface area (Å²) in [5.41, 5.74) is 0.772. The van der Waals surface area contributed by atoms with Crippen molar-refractivity contribution < 1.29 is 9.53 Å². The lowest BCUT2D eigenvalue weighted by Crippen LogP contribution is -2.36. The van der Waals surface area contributed by atoms with Gasteiger partial charge in [-0.2, -0.15) is 0 Å². The molecule has 4 heterocycles. The number of aromatic nitrogens is 2. The number of fused-ring (bicyclic) bond motifs is 5. The number of ether oxygens (including phenoxy) is 1. The second kappa shape index (κ2) is 8.81. The fourth-order valence-electron chi connectivity index (χ4n) is 3.48. The van der Waals surface area contributed by atoms with Crippen LogP contribution in [0.4, 0.5) is 5.82 Å². The van der Waals surface area contributed by atoms with Crippen LogP contribution in [0.2, 0.25) is 0 Å². The average Bonchev–Trinajstić information content (AvgIpc) is 2.81. The minimum Gasteiger partial charge on any atom is -0.465 e. The van der Waals surface area contributed by atoms with E-state index in [-0.39, 0.29) is 12.5 Å². The van der Waals surface area contributed by atoms with Crippen molar-refractivity contribution in [1.29, 1.82) is 0 Å². The van der Waals surface area contributed by atoms with E-state index in [4.69, 9.17) is 9.73 Å². The molecular formula is C24H20N6O2. The summed E-state index contributed by atoms with van der Waals surface area (Å²) in [6.45, 7) is 1.69. The van der Waals surface area contributed by atoms with E-state index in [1.54, 1.807) is 6.08 Å². The fourth-order valence-corrected chi connectivity index (χ4v) is 3.48. The fraction of sp³-hybridized carbons (Fsp3) is 0.125. The van der Waals surface area contributed by atoms with Crippen molar-refractivity contribution >= 4 is 35.0 Å². The Morgan fingerprint density at radius 1 is 1.00 bits per heavy atom. The molecule has 158 valence electrons. The van der Waals surface area contributed by atoms with E-state index >= 15 is 0 Å². The van der Waals surface area contributed by atoms with Crippen LogP contribution in [-0.2, 0) is 4.79 Å². The molecule has 8 heteroatoms. The average molecular weight is 424 g/mol. The molecule has 3 aromatic rings. The van der Waals surface area contributed by atoms with E-state index < -0.39 is 0 Å². The second-order valence-electron chi connectivity index (χ2n) is 7.30. The maximum absolute atomic E-state index is 12.1. The van der Waals surface area contributed by atoms with Crippen LogP contribution in [-0.4, -0.2) is 51.5 Å². The van der Waals surface area contributed by atoms with Gasteiger partial charge in [-0.15, -0.1) is 0 Å². The lowest BCUT2D eigenvalue weighted by molar-refractivity contribution is -0.118. The molecule has 3 aliphatic heterocycles. The van der Waals surface area contributed by atoms with Gasteiger partial charge in [0.25, 0.3) is 5.91 Å². The first kappa shape index (κ1) is 19.6. The third kappa shape index (κ3) is 4.39. The molecule has 0 N–H and O–H groups in total. The van der Waals surface area contributed by atoms with Crippen molar-refractivity contribution in [3.63, 3.8) is 0 Å². The Kier molecular flexibility index (Phi) is 5.40. The summed E-state index contributed by atoms with van der Waals surface area (Å²) in [5, 5.41) is 2.55. The molecular weight excluding hydrogens is 404 g/mol. The molecule has 0 spiro atoms. The van der Waals surface area contributed by atoms with Crippen LogP contribution < -0.4 is 15.3 Å². The number of amides is 1. The first-order valence-corrected chi connectivity index (χ1v) is 10.2. The van der Waals surface area contributed by atoms with E-state index in [2.05, 4.69) is 19.9 Å². The summed E-state index contributed by atoms with van der Waals surface area (Å²) < 4.78 is 5.67. The monoisotopic (exact) mass is 424 g/mol. The van der Waals surface area contributed by atoms with Crippen LogP contribution >= 0.6 is 0 Å². The number of rotatable bonds is 0. The van der Waals surface area contributed by atoms with E-state index in [0.29, 0.717) is 18.1 Å². The molecule has 0 saturated heterocycles. The highest BCUT2D eigenvalue weighted by Gasteiger charge is 2.11. The molecule has 0 aliphatic carbocycles. The second-order valence-corrected chi connectivity index (χ2v) is 7.30. The van der Waals surface area contributed by atoms with Crippen molar-refractivity contribution in [3.8, 4) is 5.75 Å². The largest absolute Gasteiger partial charge is 0.465 e. The van der Waals surface area contributed by atoms with E-state index in [9.17, 15) is 4.79 Å². The standard InChI is InChI=1S/C24H20N6O2/c31-23-16-30-11-9-29(10-12-30)15-18-4-1-2-5-21(18)28-24-20-14-19(32-13-3-8-25-23)6-7-22(20)26-17-27-24/h1-9,11,13-15,17H,10,12,16H2/b13-3+,18-15+,25-8+,28-21-. The molecule has 0 radical (unpaired) electrons. The summed E-state index contributed by atoms with van der Waals surface area (Å²) >= 11 is 0. The molecule has 1 amide bonds.